The van der Waals surface area contributed by atoms with Gasteiger partial charge in [-0.25, -0.2) is 0 Å². The van der Waals surface area contributed by atoms with Gasteiger partial charge in [0, 0.05) is 50.7 Å². The van der Waals surface area contributed by atoms with E-state index in [1.165, 1.54) is 0 Å². The lowest BCUT2D eigenvalue weighted by Gasteiger charge is -2.27. The molecule has 1 heterocycles. The van der Waals surface area contributed by atoms with Gasteiger partial charge in [-0.3, -0.25) is 4.79 Å². The molecular formula is C12H21N3O2S. The monoisotopic (exact) mass is 271 g/mol. The van der Waals surface area contributed by atoms with Gasteiger partial charge in [0.05, 0.1) is 19.1 Å². The zero-order valence-electron chi connectivity index (χ0n) is 10.9. The number of hydrogen-bond donors (Lipinski definition) is 1. The van der Waals surface area contributed by atoms with Gasteiger partial charge < -0.3 is 15.0 Å². The normalized spacial score (nSPS) is 19.2. The van der Waals surface area contributed by atoms with E-state index >= 15 is 0 Å². The minimum Gasteiger partial charge on any atom is -0.383 e. The highest BCUT2D eigenvalue weighted by atomic mass is 32.2. The Bertz CT molecular complexity index is 288. The number of methoxy groups -OCH3 is 1. The van der Waals surface area contributed by atoms with Crippen molar-refractivity contribution in [2.45, 2.75) is 18.9 Å². The van der Waals surface area contributed by atoms with E-state index in [1.807, 2.05) is 11.8 Å². The molecule has 0 aromatic heterocycles. The maximum absolute atomic E-state index is 12.1. The molecule has 0 spiro atoms. The Hall–Kier alpha value is -0.770. The summed E-state index contributed by atoms with van der Waals surface area (Å²) in [7, 11) is 1.62. The van der Waals surface area contributed by atoms with Gasteiger partial charge in [-0.1, -0.05) is 0 Å². The molecule has 1 unspecified atom stereocenters. The van der Waals surface area contributed by atoms with E-state index in [2.05, 4.69) is 11.4 Å². The third-order valence-electron chi connectivity index (χ3n) is 2.83. The molecule has 1 saturated heterocycles. The Kier molecular flexibility index (Phi) is 7.81. The van der Waals surface area contributed by atoms with Crippen LogP contribution in [-0.2, 0) is 9.53 Å². The Morgan fingerprint density at radius 2 is 2.44 bits per heavy atom. The minimum atomic E-state index is 0.113. The summed E-state index contributed by atoms with van der Waals surface area (Å²) >= 11 is 1.88. The number of nitrogens with one attached hydrogen (secondary N) is 1. The smallest absolute Gasteiger partial charge is 0.224 e. The van der Waals surface area contributed by atoms with Crippen LogP contribution >= 0.6 is 11.8 Å². The highest BCUT2D eigenvalue weighted by molar-refractivity contribution is 7.99. The fraction of sp³-hybridized carbons (Fsp3) is 0.833. The van der Waals surface area contributed by atoms with Crippen LogP contribution in [0.3, 0.4) is 0 Å². The third kappa shape index (κ3) is 5.71. The van der Waals surface area contributed by atoms with E-state index in [0.29, 0.717) is 32.5 Å². The second-order valence-corrected chi connectivity index (χ2v) is 5.36. The fourth-order valence-corrected chi connectivity index (χ4v) is 2.79. The molecule has 6 heteroatoms. The minimum absolute atomic E-state index is 0.113. The average Bonchev–Trinajstić information content (AvgIpc) is 2.40. The molecule has 1 N–H and O–H groups in total. The van der Waals surface area contributed by atoms with Crippen LogP contribution in [0.5, 0.6) is 0 Å². The van der Waals surface area contributed by atoms with Gasteiger partial charge in [0.15, 0.2) is 0 Å². The van der Waals surface area contributed by atoms with Crippen molar-refractivity contribution >= 4 is 17.7 Å². The first-order valence-corrected chi connectivity index (χ1v) is 7.38. The standard InChI is InChI=1S/C12H21N3O2S/c1-17-7-6-15(5-2-3-13)12(16)9-11-10-18-8-4-14-11/h11,14H,2,4-10H2,1H3. The number of ether oxygens (including phenoxy) is 1. The summed E-state index contributed by atoms with van der Waals surface area (Å²) in [6.45, 7) is 2.55. The average molecular weight is 271 g/mol. The number of rotatable bonds is 7. The van der Waals surface area contributed by atoms with Crippen molar-refractivity contribution in [2.75, 3.05) is 44.9 Å². The van der Waals surface area contributed by atoms with Crippen molar-refractivity contribution < 1.29 is 9.53 Å². The van der Waals surface area contributed by atoms with Gasteiger partial charge >= 0.3 is 0 Å². The van der Waals surface area contributed by atoms with Crippen LogP contribution in [0.4, 0.5) is 0 Å². The molecule has 1 amide bonds. The molecule has 0 aromatic rings. The van der Waals surface area contributed by atoms with Gasteiger partial charge in [-0.05, 0) is 0 Å². The van der Waals surface area contributed by atoms with Crippen LogP contribution in [0.2, 0.25) is 0 Å². The van der Waals surface area contributed by atoms with Crippen LogP contribution in [0.15, 0.2) is 0 Å². The maximum Gasteiger partial charge on any atom is 0.224 e. The largest absolute Gasteiger partial charge is 0.383 e. The quantitative estimate of drug-likeness (QED) is 0.729. The molecular weight excluding hydrogens is 250 g/mol. The number of nitriles is 1. The van der Waals surface area contributed by atoms with Crippen LogP contribution < -0.4 is 5.32 Å². The zero-order valence-corrected chi connectivity index (χ0v) is 11.7. The lowest BCUT2D eigenvalue weighted by atomic mass is 10.2. The van der Waals surface area contributed by atoms with Crippen molar-refractivity contribution in [3.63, 3.8) is 0 Å². The van der Waals surface area contributed by atoms with Gasteiger partial charge in [0.25, 0.3) is 0 Å². The molecule has 0 bridgehead atoms. The fourth-order valence-electron chi connectivity index (χ4n) is 1.84. The van der Waals surface area contributed by atoms with Crippen molar-refractivity contribution in [3.05, 3.63) is 0 Å². The number of thioether (sulfide) groups is 1. The summed E-state index contributed by atoms with van der Waals surface area (Å²) in [5.74, 6) is 2.22. The van der Waals surface area contributed by atoms with Gasteiger partial charge in [-0.2, -0.15) is 17.0 Å². The molecule has 1 aliphatic heterocycles. The summed E-state index contributed by atoms with van der Waals surface area (Å²) in [5, 5.41) is 12.0. The zero-order chi connectivity index (χ0) is 13.2. The van der Waals surface area contributed by atoms with Crippen molar-refractivity contribution in [2.24, 2.45) is 0 Å². The molecule has 1 rings (SSSR count). The van der Waals surface area contributed by atoms with E-state index in [0.717, 1.165) is 18.1 Å². The molecule has 102 valence electrons. The molecule has 0 radical (unpaired) electrons. The van der Waals surface area contributed by atoms with Crippen LogP contribution in [0.25, 0.3) is 0 Å². The summed E-state index contributed by atoms with van der Waals surface area (Å²) in [5.41, 5.74) is 0. The van der Waals surface area contributed by atoms with Gasteiger partial charge in [0.1, 0.15) is 0 Å². The Morgan fingerprint density at radius 1 is 1.61 bits per heavy atom. The van der Waals surface area contributed by atoms with Gasteiger partial charge in [0.2, 0.25) is 5.91 Å². The van der Waals surface area contributed by atoms with E-state index in [4.69, 9.17) is 10.00 Å². The van der Waals surface area contributed by atoms with E-state index in [1.54, 1.807) is 12.0 Å². The first-order chi connectivity index (χ1) is 8.77. The Labute approximate surface area is 113 Å². The van der Waals surface area contributed by atoms with E-state index in [-0.39, 0.29) is 11.9 Å². The number of nitrogens with zero attached hydrogens (tertiary/aromatic N) is 2. The third-order valence-corrected chi connectivity index (χ3v) is 3.96. The molecule has 1 fully saturated rings. The number of carbonyl (C=O) groups is 1. The molecule has 0 aromatic carbocycles. The second-order valence-electron chi connectivity index (χ2n) is 4.21. The number of hydrogen-bond acceptors (Lipinski definition) is 5. The summed E-state index contributed by atoms with van der Waals surface area (Å²) < 4.78 is 5.00. The lowest BCUT2D eigenvalue weighted by Crippen LogP contribution is -2.43. The highest BCUT2D eigenvalue weighted by Crippen LogP contribution is 2.11. The lowest BCUT2D eigenvalue weighted by molar-refractivity contribution is -0.132. The summed E-state index contributed by atoms with van der Waals surface area (Å²) in [6.07, 6.45) is 0.893. The first kappa shape index (κ1) is 15.3. The maximum atomic E-state index is 12.1. The SMILES string of the molecule is COCCN(CCC#N)C(=O)CC1CSCCN1. The molecule has 1 atom stereocenters. The molecule has 5 nitrogen and oxygen atoms in total. The Balaban J connectivity index is 2.38. The van der Waals surface area contributed by atoms with Crippen LogP contribution in [0.1, 0.15) is 12.8 Å². The number of amides is 1. The molecule has 0 saturated carbocycles. The second kappa shape index (κ2) is 9.20. The number of carbonyl (C=O) groups excluding carboxylic acids is 1. The van der Waals surface area contributed by atoms with Crippen molar-refractivity contribution in [1.82, 2.24) is 10.2 Å². The molecule has 1 aliphatic rings. The topological polar surface area (TPSA) is 65.4 Å². The van der Waals surface area contributed by atoms with E-state index < -0.39 is 0 Å². The van der Waals surface area contributed by atoms with E-state index in [9.17, 15) is 4.79 Å². The highest BCUT2D eigenvalue weighted by Gasteiger charge is 2.20. The predicted octanol–water partition coefficient (Wildman–Crippen LogP) is 0.470. The molecule has 18 heavy (non-hydrogen) atoms. The Morgan fingerprint density at radius 3 is 3.06 bits per heavy atom. The first-order valence-electron chi connectivity index (χ1n) is 6.22. The molecule has 0 aliphatic carbocycles. The van der Waals surface area contributed by atoms with Crippen LogP contribution in [0, 0.1) is 11.3 Å². The van der Waals surface area contributed by atoms with Crippen molar-refractivity contribution in [3.8, 4) is 6.07 Å². The van der Waals surface area contributed by atoms with Gasteiger partial charge in [-0.15, -0.1) is 0 Å². The van der Waals surface area contributed by atoms with Crippen LogP contribution in [-0.4, -0.2) is 61.7 Å². The summed E-state index contributed by atoms with van der Waals surface area (Å²) in [4.78, 5) is 13.9. The summed E-state index contributed by atoms with van der Waals surface area (Å²) in [6, 6.07) is 2.35. The predicted molar refractivity (Wildman–Crippen MR) is 72.4 cm³/mol. The van der Waals surface area contributed by atoms with Crippen molar-refractivity contribution in [1.29, 1.82) is 5.26 Å².